The van der Waals surface area contributed by atoms with Crippen LogP contribution in [0, 0.1) is 18.8 Å². The quantitative estimate of drug-likeness (QED) is 0.859. The Morgan fingerprint density at radius 1 is 1.29 bits per heavy atom. The zero-order chi connectivity index (χ0) is 13.4. The van der Waals surface area contributed by atoms with Crippen molar-refractivity contribution in [2.75, 3.05) is 13.1 Å². The van der Waals surface area contributed by atoms with Gasteiger partial charge in [0.2, 0.25) is 0 Å². The number of nitrogens with two attached hydrogens (primary N) is 1. The van der Waals surface area contributed by atoms with Gasteiger partial charge in [0, 0.05) is 31.0 Å². The van der Waals surface area contributed by atoms with E-state index in [0.29, 0.717) is 17.4 Å². The highest BCUT2D eigenvalue weighted by atomic mass is 35.5. The van der Waals surface area contributed by atoms with Crippen LogP contribution in [0.15, 0.2) is 18.3 Å². The summed E-state index contributed by atoms with van der Waals surface area (Å²) in [6, 6.07) is 4.03. The Balaban J connectivity index is 0.00000110. The number of nitrogens with zero attached hydrogens (tertiary/aromatic N) is 2. The molecule has 2 N–H and O–H groups in total. The fraction of sp³-hybridized carbons (Fsp3) is 0.600. The summed E-state index contributed by atoms with van der Waals surface area (Å²) in [7, 11) is 0. The molecule has 0 aromatic carbocycles. The van der Waals surface area contributed by atoms with Gasteiger partial charge in [0.15, 0.2) is 0 Å². The molecule has 1 aliphatic heterocycles. The Hall–Kier alpha value is -0.840. The summed E-state index contributed by atoms with van der Waals surface area (Å²) in [5.41, 5.74) is 7.82. The van der Waals surface area contributed by atoms with Crippen molar-refractivity contribution in [3.8, 4) is 0 Å². The molecule has 1 aliphatic carbocycles. The van der Waals surface area contributed by atoms with Gasteiger partial charge in [-0.25, -0.2) is 0 Å². The number of rotatable bonds is 1. The molecule has 0 spiro atoms. The summed E-state index contributed by atoms with van der Waals surface area (Å²) in [4.78, 5) is 18.6. The highest BCUT2D eigenvalue weighted by Crippen LogP contribution is 2.35. The number of amides is 1. The normalized spacial score (nSPS) is 27.3. The predicted molar refractivity (Wildman–Crippen MR) is 88.2 cm³/mol. The first-order valence-corrected chi connectivity index (χ1v) is 7.12. The Morgan fingerprint density at radius 3 is 2.67 bits per heavy atom. The van der Waals surface area contributed by atoms with Crippen molar-refractivity contribution < 1.29 is 4.79 Å². The molecule has 118 valence electrons. The van der Waals surface area contributed by atoms with Gasteiger partial charge < -0.3 is 10.6 Å². The van der Waals surface area contributed by atoms with Gasteiger partial charge >= 0.3 is 0 Å². The van der Waals surface area contributed by atoms with Gasteiger partial charge in [0.05, 0.1) is 5.56 Å². The lowest BCUT2D eigenvalue weighted by Crippen LogP contribution is -2.38. The Kier molecular flexibility index (Phi) is 6.44. The van der Waals surface area contributed by atoms with E-state index in [0.717, 1.165) is 25.2 Å². The lowest BCUT2D eigenvalue weighted by Gasteiger charge is -2.29. The topological polar surface area (TPSA) is 59.2 Å². The van der Waals surface area contributed by atoms with Crippen molar-refractivity contribution in [3.05, 3.63) is 29.6 Å². The van der Waals surface area contributed by atoms with Crippen LogP contribution >= 0.6 is 24.8 Å². The number of carbonyl (C=O) groups is 1. The molecule has 0 radical (unpaired) electrons. The predicted octanol–water partition coefficient (Wildman–Crippen LogP) is 2.43. The van der Waals surface area contributed by atoms with Crippen LogP contribution in [0.2, 0.25) is 0 Å². The fourth-order valence-corrected chi connectivity index (χ4v) is 3.46. The van der Waals surface area contributed by atoms with Gasteiger partial charge in [-0.1, -0.05) is 6.42 Å². The summed E-state index contributed by atoms with van der Waals surface area (Å²) < 4.78 is 0. The van der Waals surface area contributed by atoms with Crippen LogP contribution in [0.5, 0.6) is 0 Å². The lowest BCUT2D eigenvalue weighted by molar-refractivity contribution is 0.0783. The van der Waals surface area contributed by atoms with Crippen LogP contribution in [-0.4, -0.2) is 34.9 Å². The number of likely N-dealkylation sites (tertiary alicyclic amines) is 1. The average molecular weight is 332 g/mol. The zero-order valence-corrected chi connectivity index (χ0v) is 13.8. The van der Waals surface area contributed by atoms with Crippen LogP contribution < -0.4 is 5.73 Å². The number of fused-ring (bicyclic) bond motifs is 1. The highest BCUT2D eigenvalue weighted by molar-refractivity contribution is 5.94. The van der Waals surface area contributed by atoms with Crippen LogP contribution in [0.25, 0.3) is 0 Å². The Labute approximate surface area is 138 Å². The number of pyridine rings is 1. The third-order valence-electron chi connectivity index (χ3n) is 4.60. The second-order valence-corrected chi connectivity index (χ2v) is 5.92. The molecule has 2 fully saturated rings. The van der Waals surface area contributed by atoms with Gasteiger partial charge in [-0.05, 0) is 43.7 Å². The number of halogens is 2. The van der Waals surface area contributed by atoms with Crippen molar-refractivity contribution in [3.63, 3.8) is 0 Å². The van der Waals surface area contributed by atoms with E-state index in [4.69, 9.17) is 5.73 Å². The van der Waals surface area contributed by atoms with Gasteiger partial charge in [-0.15, -0.1) is 24.8 Å². The number of carbonyl (C=O) groups excluding carboxylic acids is 1. The maximum atomic E-state index is 12.5. The van der Waals surface area contributed by atoms with Crippen molar-refractivity contribution in [1.29, 1.82) is 0 Å². The minimum Gasteiger partial charge on any atom is -0.338 e. The molecular formula is C15H23Cl2N3O. The molecule has 2 aliphatic rings. The molecule has 1 aromatic heterocycles. The second kappa shape index (κ2) is 7.43. The molecule has 1 aromatic rings. The molecule has 21 heavy (non-hydrogen) atoms. The SMILES string of the molecule is Cc1ccc(C(=O)N2CC3CCCC(N)C3C2)cn1.Cl.Cl. The molecule has 3 rings (SSSR count). The summed E-state index contributed by atoms with van der Waals surface area (Å²) in [6.45, 7) is 3.61. The van der Waals surface area contributed by atoms with E-state index in [-0.39, 0.29) is 36.8 Å². The third-order valence-corrected chi connectivity index (χ3v) is 4.60. The monoisotopic (exact) mass is 331 g/mol. The summed E-state index contributed by atoms with van der Waals surface area (Å²) >= 11 is 0. The molecule has 6 heteroatoms. The Bertz CT molecular complexity index is 480. The molecule has 3 atom stereocenters. The van der Waals surface area contributed by atoms with Crippen molar-refractivity contribution >= 4 is 30.7 Å². The second-order valence-electron chi connectivity index (χ2n) is 5.92. The summed E-state index contributed by atoms with van der Waals surface area (Å²) in [6.07, 6.45) is 5.21. The maximum Gasteiger partial charge on any atom is 0.255 e. The maximum absolute atomic E-state index is 12.5. The smallest absolute Gasteiger partial charge is 0.255 e. The highest BCUT2D eigenvalue weighted by Gasteiger charge is 2.40. The third kappa shape index (κ3) is 3.68. The molecule has 2 heterocycles. The van der Waals surface area contributed by atoms with E-state index in [9.17, 15) is 4.79 Å². The van der Waals surface area contributed by atoms with Crippen LogP contribution in [0.3, 0.4) is 0 Å². The Morgan fingerprint density at radius 2 is 2.05 bits per heavy atom. The van der Waals surface area contributed by atoms with Gasteiger partial charge in [-0.2, -0.15) is 0 Å². The summed E-state index contributed by atoms with van der Waals surface area (Å²) in [5.74, 6) is 1.20. The number of hydrogen-bond acceptors (Lipinski definition) is 3. The molecular weight excluding hydrogens is 309 g/mol. The molecule has 3 unspecified atom stereocenters. The fourth-order valence-electron chi connectivity index (χ4n) is 3.46. The van der Waals surface area contributed by atoms with Crippen molar-refractivity contribution in [2.45, 2.75) is 32.2 Å². The summed E-state index contributed by atoms with van der Waals surface area (Å²) in [5, 5.41) is 0. The number of hydrogen-bond donors (Lipinski definition) is 1. The first kappa shape index (κ1) is 18.2. The van der Waals surface area contributed by atoms with Crippen LogP contribution in [0.1, 0.15) is 35.3 Å². The van der Waals surface area contributed by atoms with E-state index >= 15 is 0 Å². The zero-order valence-electron chi connectivity index (χ0n) is 12.2. The molecule has 1 amide bonds. The lowest BCUT2D eigenvalue weighted by atomic mass is 9.78. The van der Waals surface area contributed by atoms with E-state index in [1.165, 1.54) is 12.8 Å². The van der Waals surface area contributed by atoms with Crippen LogP contribution in [-0.2, 0) is 0 Å². The van der Waals surface area contributed by atoms with Gasteiger partial charge in [-0.3, -0.25) is 9.78 Å². The van der Waals surface area contributed by atoms with E-state index in [1.54, 1.807) is 6.20 Å². The molecule has 4 nitrogen and oxygen atoms in total. The van der Waals surface area contributed by atoms with Crippen molar-refractivity contribution in [1.82, 2.24) is 9.88 Å². The molecule has 1 saturated carbocycles. The average Bonchev–Trinajstić information content (AvgIpc) is 2.84. The minimum absolute atomic E-state index is 0. The minimum atomic E-state index is 0. The molecule has 1 saturated heterocycles. The van der Waals surface area contributed by atoms with Gasteiger partial charge in [0.25, 0.3) is 5.91 Å². The van der Waals surface area contributed by atoms with Crippen LogP contribution in [0.4, 0.5) is 0 Å². The first-order chi connectivity index (χ1) is 9.15. The largest absolute Gasteiger partial charge is 0.338 e. The van der Waals surface area contributed by atoms with Gasteiger partial charge in [0.1, 0.15) is 0 Å². The number of aryl methyl sites for hydroxylation is 1. The van der Waals surface area contributed by atoms with E-state index < -0.39 is 0 Å². The standard InChI is InChI=1S/C15H21N3O.2ClH/c1-10-5-6-11(7-17-10)15(19)18-8-12-3-2-4-14(16)13(12)9-18;;/h5-7,12-14H,2-4,8-9,16H2,1H3;2*1H. The van der Waals surface area contributed by atoms with Crippen molar-refractivity contribution in [2.24, 2.45) is 17.6 Å². The number of aromatic nitrogens is 1. The molecule has 0 bridgehead atoms. The van der Waals surface area contributed by atoms with E-state index in [2.05, 4.69) is 4.98 Å². The van der Waals surface area contributed by atoms with E-state index in [1.807, 2.05) is 24.0 Å². The first-order valence-electron chi connectivity index (χ1n) is 7.12.